The molecule has 0 atom stereocenters. The Balaban J connectivity index is 2.00. The van der Waals surface area contributed by atoms with Crippen molar-refractivity contribution in [3.05, 3.63) is 29.8 Å². The molecule has 4 nitrogen and oxygen atoms in total. The van der Waals surface area contributed by atoms with Gasteiger partial charge in [0.1, 0.15) is 5.84 Å². The summed E-state index contributed by atoms with van der Waals surface area (Å²) >= 11 is 0. The lowest BCUT2D eigenvalue weighted by atomic mass is 10.0. The van der Waals surface area contributed by atoms with Crippen LogP contribution in [-0.4, -0.2) is 31.3 Å². The molecule has 2 rings (SSSR count). The molecule has 0 fully saturated rings. The first-order valence-corrected chi connectivity index (χ1v) is 6.94. The Hall–Kier alpha value is -1.84. The van der Waals surface area contributed by atoms with Gasteiger partial charge in [-0.25, -0.2) is 0 Å². The maximum Gasteiger partial charge on any atom is 0.164 e. The molecule has 0 amide bonds. The highest BCUT2D eigenvalue weighted by atomic mass is 16.1. The number of rotatable bonds is 7. The van der Waals surface area contributed by atoms with E-state index in [2.05, 4.69) is 22.5 Å². The molecule has 0 bridgehead atoms. The fraction of sp³-hybridized carbons (Fsp3) is 0.467. The van der Waals surface area contributed by atoms with Crippen molar-refractivity contribution in [1.82, 2.24) is 5.32 Å². The summed E-state index contributed by atoms with van der Waals surface area (Å²) in [6.45, 7) is 4.50. The number of hydrogen-bond donors (Lipinski definition) is 2. The molecule has 2 N–H and O–H groups in total. The SMILES string of the molecule is CCCCC(=O)c1ccccc1NCC1=NCCN1. The van der Waals surface area contributed by atoms with Crippen molar-refractivity contribution in [2.24, 2.45) is 4.99 Å². The zero-order valence-electron chi connectivity index (χ0n) is 11.4. The molecule has 0 aromatic heterocycles. The van der Waals surface area contributed by atoms with Crippen LogP contribution in [0.5, 0.6) is 0 Å². The number of carbonyl (C=O) groups is 1. The third kappa shape index (κ3) is 3.81. The smallest absolute Gasteiger partial charge is 0.164 e. The van der Waals surface area contributed by atoms with Crippen LogP contribution >= 0.6 is 0 Å². The quantitative estimate of drug-likeness (QED) is 0.740. The van der Waals surface area contributed by atoms with Gasteiger partial charge in [-0.3, -0.25) is 9.79 Å². The number of anilines is 1. The molecule has 1 aliphatic rings. The topological polar surface area (TPSA) is 53.5 Å². The highest BCUT2D eigenvalue weighted by Gasteiger charge is 2.11. The van der Waals surface area contributed by atoms with Gasteiger partial charge in [0, 0.05) is 24.2 Å². The average Bonchev–Trinajstić information content (AvgIpc) is 2.96. The summed E-state index contributed by atoms with van der Waals surface area (Å²) in [6.07, 6.45) is 2.61. The van der Waals surface area contributed by atoms with Gasteiger partial charge >= 0.3 is 0 Å². The first-order valence-electron chi connectivity index (χ1n) is 6.94. The second-order valence-corrected chi connectivity index (χ2v) is 4.68. The Morgan fingerprint density at radius 1 is 1.42 bits per heavy atom. The van der Waals surface area contributed by atoms with Gasteiger partial charge in [-0.05, 0) is 18.6 Å². The number of nitrogens with one attached hydrogen (secondary N) is 2. The molecular weight excluding hydrogens is 238 g/mol. The molecule has 0 spiro atoms. The Morgan fingerprint density at radius 3 is 3.00 bits per heavy atom. The summed E-state index contributed by atoms with van der Waals surface area (Å²) in [7, 11) is 0. The van der Waals surface area contributed by atoms with Crippen molar-refractivity contribution in [2.75, 3.05) is 25.0 Å². The molecule has 1 heterocycles. The van der Waals surface area contributed by atoms with E-state index in [-0.39, 0.29) is 5.78 Å². The molecule has 19 heavy (non-hydrogen) atoms. The highest BCUT2D eigenvalue weighted by Crippen LogP contribution is 2.17. The van der Waals surface area contributed by atoms with Crippen molar-refractivity contribution in [3.8, 4) is 0 Å². The average molecular weight is 259 g/mol. The number of aliphatic imine (C=N–C) groups is 1. The van der Waals surface area contributed by atoms with Crippen LogP contribution in [0.15, 0.2) is 29.3 Å². The minimum absolute atomic E-state index is 0.214. The predicted octanol–water partition coefficient (Wildman–Crippen LogP) is 2.47. The molecule has 0 aliphatic carbocycles. The molecule has 1 aromatic carbocycles. The van der Waals surface area contributed by atoms with Crippen LogP contribution in [0.3, 0.4) is 0 Å². The van der Waals surface area contributed by atoms with Gasteiger partial charge in [-0.1, -0.05) is 25.5 Å². The van der Waals surface area contributed by atoms with Gasteiger partial charge in [0.25, 0.3) is 0 Å². The fourth-order valence-corrected chi connectivity index (χ4v) is 2.10. The predicted molar refractivity (Wildman–Crippen MR) is 79.1 cm³/mol. The standard InChI is InChI=1S/C15H21N3O/c1-2-3-8-14(19)12-6-4-5-7-13(12)18-11-15-16-9-10-17-15/h4-7,18H,2-3,8-11H2,1H3,(H,16,17). The van der Waals surface area contributed by atoms with Gasteiger partial charge in [-0.2, -0.15) is 0 Å². The lowest BCUT2D eigenvalue weighted by molar-refractivity contribution is 0.0980. The lowest BCUT2D eigenvalue weighted by Gasteiger charge is -2.11. The van der Waals surface area contributed by atoms with Gasteiger partial charge in [0.2, 0.25) is 0 Å². The van der Waals surface area contributed by atoms with E-state index in [9.17, 15) is 4.79 Å². The molecule has 0 unspecified atom stereocenters. The second kappa shape index (κ2) is 6.92. The number of hydrogen-bond acceptors (Lipinski definition) is 4. The first kappa shape index (κ1) is 13.6. The Bertz CT molecular complexity index is 468. The van der Waals surface area contributed by atoms with E-state index in [0.717, 1.165) is 43.0 Å². The van der Waals surface area contributed by atoms with Crippen molar-refractivity contribution >= 4 is 17.3 Å². The van der Waals surface area contributed by atoms with Crippen molar-refractivity contribution in [1.29, 1.82) is 0 Å². The number of carbonyl (C=O) groups excluding carboxylic acids is 1. The third-order valence-corrected chi connectivity index (χ3v) is 3.17. The minimum Gasteiger partial charge on any atom is -0.377 e. The number of ketones is 1. The van der Waals surface area contributed by atoms with Gasteiger partial charge in [0.15, 0.2) is 5.78 Å². The van der Waals surface area contributed by atoms with Crippen LogP contribution in [-0.2, 0) is 0 Å². The van der Waals surface area contributed by atoms with Gasteiger partial charge < -0.3 is 10.6 Å². The van der Waals surface area contributed by atoms with E-state index >= 15 is 0 Å². The summed E-state index contributed by atoms with van der Waals surface area (Å²) in [4.78, 5) is 16.5. The molecule has 102 valence electrons. The first-order chi connectivity index (χ1) is 9.31. The van der Waals surface area contributed by atoms with Crippen LogP contribution in [0.1, 0.15) is 36.5 Å². The molecule has 1 aliphatic heterocycles. The molecular formula is C15H21N3O. The monoisotopic (exact) mass is 259 g/mol. The highest BCUT2D eigenvalue weighted by molar-refractivity contribution is 6.01. The fourth-order valence-electron chi connectivity index (χ4n) is 2.10. The molecule has 0 saturated heterocycles. The van der Waals surface area contributed by atoms with E-state index in [1.807, 2.05) is 24.3 Å². The number of amidine groups is 1. The summed E-state index contributed by atoms with van der Waals surface area (Å²) < 4.78 is 0. The molecule has 0 saturated carbocycles. The normalized spacial score (nSPS) is 13.8. The number of benzene rings is 1. The lowest BCUT2D eigenvalue weighted by Crippen LogP contribution is -2.26. The maximum absolute atomic E-state index is 12.1. The molecule has 1 aromatic rings. The largest absolute Gasteiger partial charge is 0.377 e. The summed E-state index contributed by atoms with van der Waals surface area (Å²) in [6, 6.07) is 7.71. The summed E-state index contributed by atoms with van der Waals surface area (Å²) in [5, 5.41) is 6.51. The van der Waals surface area contributed by atoms with Crippen LogP contribution in [0.25, 0.3) is 0 Å². The number of Topliss-reactive ketones (excluding diaryl/α,β-unsaturated/α-hetero) is 1. The Morgan fingerprint density at radius 2 is 2.26 bits per heavy atom. The maximum atomic E-state index is 12.1. The van der Waals surface area contributed by atoms with E-state index in [0.29, 0.717) is 13.0 Å². The van der Waals surface area contributed by atoms with Crippen molar-refractivity contribution in [3.63, 3.8) is 0 Å². The Labute approximate surface area is 114 Å². The zero-order chi connectivity index (χ0) is 13.5. The molecule has 0 radical (unpaired) electrons. The minimum atomic E-state index is 0.214. The van der Waals surface area contributed by atoms with Gasteiger partial charge in [0.05, 0.1) is 13.1 Å². The van der Waals surface area contributed by atoms with Gasteiger partial charge in [-0.15, -0.1) is 0 Å². The summed E-state index contributed by atoms with van der Waals surface area (Å²) in [5.74, 6) is 1.18. The van der Waals surface area contributed by atoms with E-state index in [4.69, 9.17) is 0 Å². The van der Waals surface area contributed by atoms with Crippen molar-refractivity contribution in [2.45, 2.75) is 26.2 Å². The van der Waals surface area contributed by atoms with Crippen LogP contribution in [0, 0.1) is 0 Å². The number of para-hydroxylation sites is 1. The van der Waals surface area contributed by atoms with E-state index in [1.165, 1.54) is 0 Å². The van der Waals surface area contributed by atoms with Crippen molar-refractivity contribution < 1.29 is 4.79 Å². The van der Waals surface area contributed by atoms with E-state index < -0.39 is 0 Å². The van der Waals surface area contributed by atoms with E-state index in [1.54, 1.807) is 0 Å². The second-order valence-electron chi connectivity index (χ2n) is 4.68. The molecule has 4 heteroatoms. The Kier molecular flexibility index (Phi) is 4.95. The zero-order valence-corrected chi connectivity index (χ0v) is 11.4. The van der Waals surface area contributed by atoms with Crippen LogP contribution < -0.4 is 10.6 Å². The van der Waals surface area contributed by atoms with Crippen LogP contribution in [0.4, 0.5) is 5.69 Å². The summed E-state index contributed by atoms with van der Waals surface area (Å²) in [5.41, 5.74) is 1.69. The van der Waals surface area contributed by atoms with Crippen LogP contribution in [0.2, 0.25) is 0 Å². The number of unbranched alkanes of at least 4 members (excludes halogenated alkanes) is 1. The number of nitrogens with zero attached hydrogens (tertiary/aromatic N) is 1. The third-order valence-electron chi connectivity index (χ3n) is 3.17.